The van der Waals surface area contributed by atoms with Crippen LogP contribution < -0.4 is 24.6 Å². The first-order valence-corrected chi connectivity index (χ1v) is 11.7. The number of nitrogens with zero attached hydrogens (tertiary/aromatic N) is 7. The number of amides is 1. The lowest BCUT2D eigenvalue weighted by Gasteiger charge is -2.29. The Morgan fingerprint density at radius 1 is 1.03 bits per heavy atom. The van der Waals surface area contributed by atoms with Crippen molar-refractivity contribution in [2.24, 2.45) is 0 Å². The molecule has 4 heterocycles. The Hall–Kier alpha value is -3.84. The number of benzene rings is 1. The third-order valence-corrected chi connectivity index (χ3v) is 6.20. The molecule has 1 amide bonds. The number of carbonyl (C=O) groups is 1. The van der Waals surface area contributed by atoms with Crippen molar-refractivity contribution in [2.75, 3.05) is 77.8 Å². The van der Waals surface area contributed by atoms with Crippen LogP contribution in [0.4, 0.5) is 11.8 Å². The number of aromatic nitrogens is 4. The van der Waals surface area contributed by atoms with Crippen LogP contribution in [0.1, 0.15) is 16.4 Å². The summed E-state index contributed by atoms with van der Waals surface area (Å²) in [6.07, 6.45) is 0. The smallest absolute Gasteiger partial charge is 0.276 e. The molecule has 5 rings (SSSR count). The van der Waals surface area contributed by atoms with Gasteiger partial charge in [-0.25, -0.2) is 0 Å². The number of carbonyl (C=O) groups excluding carboxylic acids is 1. The molecular formula is C23H30N8O5. The van der Waals surface area contributed by atoms with Crippen molar-refractivity contribution in [2.45, 2.75) is 6.54 Å². The highest BCUT2D eigenvalue weighted by molar-refractivity contribution is 5.98. The highest BCUT2D eigenvalue weighted by Crippen LogP contribution is 2.33. The van der Waals surface area contributed by atoms with E-state index in [-0.39, 0.29) is 19.2 Å². The Kier molecular flexibility index (Phi) is 6.65. The third-order valence-electron chi connectivity index (χ3n) is 6.20. The molecule has 36 heavy (non-hydrogen) atoms. The predicted octanol–water partition coefficient (Wildman–Crippen LogP) is 0.862. The van der Waals surface area contributed by atoms with Crippen LogP contribution in [0.25, 0.3) is 11.5 Å². The van der Waals surface area contributed by atoms with Gasteiger partial charge in [-0.15, -0.1) is 10.2 Å². The predicted molar refractivity (Wildman–Crippen MR) is 131 cm³/mol. The molecular weight excluding hydrogens is 468 g/mol. The number of rotatable bonds is 6. The molecule has 0 aliphatic carbocycles. The van der Waals surface area contributed by atoms with Gasteiger partial charge in [0.2, 0.25) is 17.7 Å². The Bertz CT molecular complexity index is 1240. The average Bonchev–Trinajstić information content (AvgIpc) is 3.53. The molecule has 0 bridgehead atoms. The second-order valence-corrected chi connectivity index (χ2v) is 8.64. The molecule has 13 nitrogen and oxygen atoms in total. The molecule has 2 aliphatic heterocycles. The fraction of sp³-hybridized carbons (Fsp3) is 0.478. The van der Waals surface area contributed by atoms with E-state index in [1.807, 2.05) is 22.6 Å². The Balaban J connectivity index is 1.54. The summed E-state index contributed by atoms with van der Waals surface area (Å²) in [6.45, 7) is 3.87. The maximum atomic E-state index is 13.4. The van der Waals surface area contributed by atoms with E-state index >= 15 is 0 Å². The lowest BCUT2D eigenvalue weighted by molar-refractivity contribution is 0.0312. The lowest BCUT2D eigenvalue weighted by Crippen LogP contribution is -2.45. The summed E-state index contributed by atoms with van der Waals surface area (Å²) >= 11 is 0. The van der Waals surface area contributed by atoms with Gasteiger partial charge in [-0.05, 0) is 18.2 Å². The Morgan fingerprint density at radius 3 is 2.53 bits per heavy atom. The van der Waals surface area contributed by atoms with Crippen LogP contribution >= 0.6 is 0 Å². The van der Waals surface area contributed by atoms with E-state index in [1.165, 1.54) is 4.90 Å². The molecule has 0 atom stereocenters. The molecule has 2 aromatic heterocycles. The topological polar surface area (TPSA) is 123 Å². The molecule has 192 valence electrons. The first-order chi connectivity index (χ1) is 17.5. The van der Waals surface area contributed by atoms with Gasteiger partial charge in [0.25, 0.3) is 5.91 Å². The fourth-order valence-corrected chi connectivity index (χ4v) is 4.32. The summed E-state index contributed by atoms with van der Waals surface area (Å²) in [4.78, 5) is 23.9. The van der Waals surface area contributed by atoms with Crippen LogP contribution in [-0.2, 0) is 11.3 Å². The van der Waals surface area contributed by atoms with Crippen LogP contribution in [0.5, 0.6) is 11.5 Å². The van der Waals surface area contributed by atoms with E-state index in [0.29, 0.717) is 53.0 Å². The van der Waals surface area contributed by atoms with Gasteiger partial charge >= 0.3 is 0 Å². The molecule has 0 radical (unpaired) electrons. The lowest BCUT2D eigenvalue weighted by atomic mass is 10.2. The number of imidazole rings is 1. The average molecular weight is 499 g/mol. The largest absolute Gasteiger partial charge is 0.493 e. The summed E-state index contributed by atoms with van der Waals surface area (Å²) in [7, 11) is 6.72. The Morgan fingerprint density at radius 2 is 1.78 bits per heavy atom. The van der Waals surface area contributed by atoms with Crippen LogP contribution in [-0.4, -0.2) is 98.5 Å². The number of hydrogen-bond donors (Lipinski definition) is 1. The summed E-state index contributed by atoms with van der Waals surface area (Å²) in [6, 6.07) is 5.39. The zero-order valence-corrected chi connectivity index (χ0v) is 20.9. The normalized spacial score (nSPS) is 16.6. The minimum atomic E-state index is -0.190. The highest BCUT2D eigenvalue weighted by Gasteiger charge is 2.32. The number of fused-ring (bicyclic) bond motifs is 1. The zero-order valence-electron chi connectivity index (χ0n) is 20.9. The van der Waals surface area contributed by atoms with Gasteiger partial charge in [0.05, 0.1) is 14.2 Å². The quantitative estimate of drug-likeness (QED) is 0.520. The van der Waals surface area contributed by atoms with Crippen molar-refractivity contribution in [3.63, 3.8) is 0 Å². The summed E-state index contributed by atoms with van der Waals surface area (Å²) in [5, 5.41) is 11.9. The second kappa shape index (κ2) is 10.0. The van der Waals surface area contributed by atoms with Crippen LogP contribution in [0.15, 0.2) is 22.6 Å². The van der Waals surface area contributed by atoms with Gasteiger partial charge in [0.15, 0.2) is 23.0 Å². The number of piperazine rings is 1. The Labute approximate surface area is 208 Å². The molecule has 2 aliphatic rings. The van der Waals surface area contributed by atoms with Crippen molar-refractivity contribution in [1.82, 2.24) is 30.0 Å². The van der Waals surface area contributed by atoms with Gasteiger partial charge in [-0.3, -0.25) is 9.36 Å². The number of nitrogens with one attached hydrogen (secondary N) is 1. The number of hydrogen-bond acceptors (Lipinski definition) is 11. The van der Waals surface area contributed by atoms with Crippen LogP contribution in [0, 0.1) is 0 Å². The standard InChI is InChI=1S/C23H30N8O5/c1-28-13-35-14-29(2)22(32)19-20(28)25-23(30-9-7-24-8-10-30)31(19)12-18-26-27-21(36-18)15-5-6-16(33-3)17(11-15)34-4/h5-6,11,24H,7-10,12-14H2,1-4H3. The minimum absolute atomic E-state index is 0.181. The summed E-state index contributed by atoms with van der Waals surface area (Å²) in [5.74, 6) is 2.91. The first-order valence-electron chi connectivity index (χ1n) is 11.7. The summed E-state index contributed by atoms with van der Waals surface area (Å²) < 4.78 is 24.2. The van der Waals surface area contributed by atoms with E-state index < -0.39 is 0 Å². The first kappa shape index (κ1) is 23.9. The maximum absolute atomic E-state index is 13.4. The van der Waals surface area contributed by atoms with Crippen molar-refractivity contribution < 1.29 is 23.4 Å². The zero-order chi connectivity index (χ0) is 25.2. The molecule has 0 unspecified atom stereocenters. The van der Waals surface area contributed by atoms with Crippen molar-refractivity contribution in [3.05, 3.63) is 29.8 Å². The van der Waals surface area contributed by atoms with Crippen molar-refractivity contribution in [1.29, 1.82) is 0 Å². The minimum Gasteiger partial charge on any atom is -0.493 e. The molecule has 1 N–H and O–H groups in total. The third kappa shape index (κ3) is 4.42. The van der Waals surface area contributed by atoms with E-state index in [1.54, 1.807) is 33.4 Å². The SMILES string of the molecule is COc1ccc(-c2nnc(Cn3c(N4CCNCC4)nc4c3C(=O)N(C)COCN4C)o2)cc1OC. The number of methoxy groups -OCH3 is 2. The molecule has 1 saturated heterocycles. The monoisotopic (exact) mass is 498 g/mol. The number of anilines is 2. The van der Waals surface area contributed by atoms with Gasteiger partial charge < -0.3 is 38.6 Å². The van der Waals surface area contributed by atoms with Crippen LogP contribution in [0.3, 0.4) is 0 Å². The van der Waals surface area contributed by atoms with E-state index in [0.717, 1.165) is 26.2 Å². The van der Waals surface area contributed by atoms with Crippen LogP contribution in [0.2, 0.25) is 0 Å². The van der Waals surface area contributed by atoms with Gasteiger partial charge in [-0.2, -0.15) is 4.98 Å². The van der Waals surface area contributed by atoms with E-state index in [9.17, 15) is 4.79 Å². The van der Waals surface area contributed by atoms with E-state index in [4.69, 9.17) is 23.6 Å². The molecule has 0 saturated carbocycles. The molecule has 1 fully saturated rings. The van der Waals surface area contributed by atoms with E-state index in [2.05, 4.69) is 20.4 Å². The number of ether oxygens (including phenoxy) is 3. The molecule has 0 spiro atoms. The molecule has 13 heteroatoms. The fourth-order valence-electron chi connectivity index (χ4n) is 4.32. The summed E-state index contributed by atoms with van der Waals surface area (Å²) in [5.41, 5.74) is 1.16. The second-order valence-electron chi connectivity index (χ2n) is 8.64. The molecule has 3 aromatic rings. The maximum Gasteiger partial charge on any atom is 0.276 e. The molecule has 1 aromatic carbocycles. The van der Waals surface area contributed by atoms with Crippen molar-refractivity contribution in [3.8, 4) is 23.0 Å². The highest BCUT2D eigenvalue weighted by atomic mass is 16.5. The van der Waals surface area contributed by atoms with Gasteiger partial charge in [0, 0.05) is 45.8 Å². The van der Waals surface area contributed by atoms with Gasteiger partial charge in [0.1, 0.15) is 20.0 Å². The van der Waals surface area contributed by atoms with Crippen molar-refractivity contribution >= 4 is 17.7 Å². The van der Waals surface area contributed by atoms with Gasteiger partial charge in [-0.1, -0.05) is 0 Å².